The molecule has 0 saturated heterocycles. The summed E-state index contributed by atoms with van der Waals surface area (Å²) in [6.45, 7) is 8.99. The number of ether oxygens (including phenoxy) is 1. The Morgan fingerprint density at radius 2 is 2.05 bits per heavy atom. The lowest BCUT2D eigenvalue weighted by Gasteiger charge is -2.17. The fourth-order valence-electron chi connectivity index (χ4n) is 1.33. The monoisotopic (exact) mass is 283 g/mol. The van der Waals surface area contributed by atoms with Crippen LogP contribution in [0.5, 0.6) is 0 Å². The average molecular weight is 283 g/mol. The minimum absolute atomic E-state index is 0.0965. The summed E-state index contributed by atoms with van der Waals surface area (Å²) in [4.78, 5) is 27.2. The molecule has 0 bridgehead atoms. The zero-order chi connectivity index (χ0) is 15.3. The first-order valence-corrected chi connectivity index (χ1v) is 6.48. The van der Waals surface area contributed by atoms with E-state index in [1.165, 1.54) is 0 Å². The summed E-state index contributed by atoms with van der Waals surface area (Å²) in [5, 5.41) is 6.30. The highest BCUT2D eigenvalue weighted by Gasteiger charge is 2.21. The number of hydrogen-bond acceptors (Lipinski definition) is 6. The van der Waals surface area contributed by atoms with Gasteiger partial charge in [-0.25, -0.2) is 0 Å². The quantitative estimate of drug-likeness (QED) is 0.824. The van der Waals surface area contributed by atoms with Crippen LogP contribution < -0.4 is 5.32 Å². The van der Waals surface area contributed by atoms with Crippen molar-refractivity contribution in [2.45, 2.75) is 47.1 Å². The molecule has 0 spiro atoms. The first-order valence-electron chi connectivity index (χ1n) is 6.48. The van der Waals surface area contributed by atoms with Crippen LogP contribution in [0.25, 0.3) is 0 Å². The standard InChI is InChI=1S/C13H21N3O4/c1-8(11-15-9(2)16-20-11)19-10(17)6-7-14-12(18)13(3,4)5/h8H,6-7H2,1-5H3,(H,14,18). The van der Waals surface area contributed by atoms with Crippen LogP contribution in [0.4, 0.5) is 0 Å². The molecule has 0 fully saturated rings. The maximum atomic E-state index is 11.6. The van der Waals surface area contributed by atoms with E-state index in [9.17, 15) is 9.59 Å². The summed E-state index contributed by atoms with van der Waals surface area (Å²) in [5.41, 5.74) is -0.474. The number of nitrogens with zero attached hydrogens (tertiary/aromatic N) is 2. The molecule has 0 saturated carbocycles. The van der Waals surface area contributed by atoms with E-state index in [0.717, 1.165) is 0 Å². The van der Waals surface area contributed by atoms with E-state index in [-0.39, 0.29) is 24.8 Å². The van der Waals surface area contributed by atoms with E-state index < -0.39 is 17.5 Å². The molecule has 1 atom stereocenters. The molecule has 1 N–H and O–H groups in total. The highest BCUT2D eigenvalue weighted by molar-refractivity contribution is 5.81. The molecule has 1 aromatic heterocycles. The number of carbonyl (C=O) groups is 2. The molecule has 0 aliphatic rings. The number of amides is 1. The van der Waals surface area contributed by atoms with E-state index in [4.69, 9.17) is 9.26 Å². The number of aryl methyl sites for hydroxylation is 1. The summed E-state index contributed by atoms with van der Waals surface area (Å²) >= 11 is 0. The molecular weight excluding hydrogens is 262 g/mol. The van der Waals surface area contributed by atoms with Crippen molar-refractivity contribution < 1.29 is 18.8 Å². The van der Waals surface area contributed by atoms with Gasteiger partial charge >= 0.3 is 5.97 Å². The predicted octanol–water partition coefficient (Wildman–Crippen LogP) is 1.53. The lowest BCUT2D eigenvalue weighted by Crippen LogP contribution is -2.36. The second kappa shape index (κ2) is 6.49. The summed E-state index contributed by atoms with van der Waals surface area (Å²) in [7, 11) is 0. The number of carbonyl (C=O) groups excluding carboxylic acids is 2. The first kappa shape index (κ1) is 16.1. The van der Waals surface area contributed by atoms with E-state index in [1.54, 1.807) is 34.6 Å². The number of esters is 1. The van der Waals surface area contributed by atoms with Gasteiger partial charge in [-0.3, -0.25) is 9.59 Å². The zero-order valence-corrected chi connectivity index (χ0v) is 12.5. The molecule has 1 amide bonds. The van der Waals surface area contributed by atoms with Crippen LogP contribution in [0, 0.1) is 12.3 Å². The molecule has 1 heterocycles. The van der Waals surface area contributed by atoms with E-state index in [2.05, 4.69) is 15.5 Å². The highest BCUT2D eigenvalue weighted by atomic mass is 16.6. The van der Waals surface area contributed by atoms with Gasteiger partial charge in [-0.2, -0.15) is 4.98 Å². The normalized spacial score (nSPS) is 12.8. The van der Waals surface area contributed by atoms with Crippen LogP contribution in [0.1, 0.15) is 51.9 Å². The Kier molecular flexibility index (Phi) is 5.24. The third-order valence-electron chi connectivity index (χ3n) is 2.50. The lowest BCUT2D eigenvalue weighted by molar-refractivity contribution is -0.149. The van der Waals surface area contributed by atoms with Gasteiger partial charge in [-0.05, 0) is 13.8 Å². The van der Waals surface area contributed by atoms with E-state index in [0.29, 0.717) is 5.82 Å². The Morgan fingerprint density at radius 3 is 2.55 bits per heavy atom. The number of aromatic nitrogens is 2. The summed E-state index contributed by atoms with van der Waals surface area (Å²) in [6, 6.07) is 0. The van der Waals surface area contributed by atoms with Crippen molar-refractivity contribution in [1.29, 1.82) is 0 Å². The molecule has 1 aromatic rings. The van der Waals surface area contributed by atoms with Gasteiger partial charge in [0.15, 0.2) is 11.9 Å². The molecule has 0 aliphatic heterocycles. The molecule has 0 radical (unpaired) electrons. The fraction of sp³-hybridized carbons (Fsp3) is 0.692. The maximum Gasteiger partial charge on any atom is 0.308 e. The van der Waals surface area contributed by atoms with E-state index >= 15 is 0 Å². The van der Waals surface area contributed by atoms with E-state index in [1.807, 2.05) is 0 Å². The van der Waals surface area contributed by atoms with Crippen LogP contribution in [-0.2, 0) is 14.3 Å². The van der Waals surface area contributed by atoms with Crippen molar-refractivity contribution in [3.05, 3.63) is 11.7 Å². The van der Waals surface area contributed by atoms with Gasteiger partial charge < -0.3 is 14.6 Å². The molecule has 0 aromatic carbocycles. The second-order valence-corrected chi connectivity index (χ2v) is 5.57. The van der Waals surface area contributed by atoms with Crippen LogP contribution in [0.15, 0.2) is 4.52 Å². The maximum absolute atomic E-state index is 11.6. The fourth-order valence-corrected chi connectivity index (χ4v) is 1.33. The lowest BCUT2D eigenvalue weighted by atomic mass is 9.96. The highest BCUT2D eigenvalue weighted by Crippen LogP contribution is 2.15. The summed E-state index contributed by atoms with van der Waals surface area (Å²) < 4.78 is 10.0. The van der Waals surface area contributed by atoms with Crippen molar-refractivity contribution >= 4 is 11.9 Å². The van der Waals surface area contributed by atoms with Gasteiger partial charge in [0.2, 0.25) is 5.91 Å². The van der Waals surface area contributed by atoms with Crippen LogP contribution in [0.2, 0.25) is 0 Å². The Balaban J connectivity index is 2.32. The minimum atomic E-state index is -0.595. The predicted molar refractivity (Wildman–Crippen MR) is 70.6 cm³/mol. The van der Waals surface area contributed by atoms with Gasteiger partial charge in [0.25, 0.3) is 5.89 Å². The smallest absolute Gasteiger partial charge is 0.308 e. The number of rotatable bonds is 5. The van der Waals surface area contributed by atoms with Gasteiger partial charge in [0.1, 0.15) is 0 Å². The van der Waals surface area contributed by atoms with Crippen molar-refractivity contribution in [3.8, 4) is 0 Å². The van der Waals surface area contributed by atoms with Crippen LogP contribution in [-0.4, -0.2) is 28.6 Å². The van der Waals surface area contributed by atoms with Crippen LogP contribution in [0.3, 0.4) is 0 Å². The topological polar surface area (TPSA) is 94.3 Å². The molecule has 112 valence electrons. The van der Waals surface area contributed by atoms with Gasteiger partial charge in [-0.1, -0.05) is 25.9 Å². The Bertz CT molecular complexity index is 476. The third kappa shape index (κ3) is 4.99. The van der Waals surface area contributed by atoms with Gasteiger partial charge in [0, 0.05) is 12.0 Å². The molecule has 1 unspecified atom stereocenters. The zero-order valence-electron chi connectivity index (χ0n) is 12.5. The Morgan fingerprint density at radius 1 is 1.40 bits per heavy atom. The average Bonchev–Trinajstić information content (AvgIpc) is 2.74. The molecule has 1 rings (SSSR count). The van der Waals surface area contributed by atoms with Crippen molar-refractivity contribution in [3.63, 3.8) is 0 Å². The molecule has 0 aliphatic carbocycles. The molecule has 7 nitrogen and oxygen atoms in total. The molecular formula is C13H21N3O4. The van der Waals surface area contributed by atoms with Crippen molar-refractivity contribution in [2.75, 3.05) is 6.54 Å². The van der Waals surface area contributed by atoms with Crippen LogP contribution >= 0.6 is 0 Å². The van der Waals surface area contributed by atoms with Gasteiger partial charge in [-0.15, -0.1) is 0 Å². The summed E-state index contributed by atoms with van der Waals surface area (Å²) in [6.07, 6.45) is -0.499. The Hall–Kier alpha value is -1.92. The second-order valence-electron chi connectivity index (χ2n) is 5.57. The first-order chi connectivity index (χ1) is 9.20. The van der Waals surface area contributed by atoms with Crippen molar-refractivity contribution in [1.82, 2.24) is 15.5 Å². The molecule has 20 heavy (non-hydrogen) atoms. The summed E-state index contributed by atoms with van der Waals surface area (Å²) in [5.74, 6) is 0.211. The SMILES string of the molecule is Cc1noc(C(C)OC(=O)CCNC(=O)C(C)(C)C)n1. The largest absolute Gasteiger partial charge is 0.452 e. The minimum Gasteiger partial charge on any atom is -0.452 e. The number of nitrogens with one attached hydrogen (secondary N) is 1. The number of hydrogen-bond donors (Lipinski definition) is 1. The Labute approximate surface area is 118 Å². The third-order valence-corrected chi connectivity index (χ3v) is 2.50. The molecule has 7 heteroatoms. The van der Waals surface area contributed by atoms with Gasteiger partial charge in [0.05, 0.1) is 6.42 Å². The van der Waals surface area contributed by atoms with Crippen molar-refractivity contribution in [2.24, 2.45) is 5.41 Å².